The maximum Gasteiger partial charge on any atom is 0.272 e. The van der Waals surface area contributed by atoms with Crippen LogP contribution in [0.4, 0.5) is 5.69 Å². The zero-order valence-electron chi connectivity index (χ0n) is 8.36. The summed E-state index contributed by atoms with van der Waals surface area (Å²) >= 11 is 0. The average Bonchev–Trinajstić information content (AvgIpc) is 2.17. The molecule has 0 bridgehead atoms. The predicted octanol–water partition coefficient (Wildman–Crippen LogP) is 2.31. The molecule has 1 rings (SSSR count). The molecular formula is C10H14N2O2. The van der Waals surface area contributed by atoms with Crippen LogP contribution in [0.2, 0.25) is 0 Å². The standard InChI is InChI=1S/C10H14N2O2/c1-3-9(11)8-5-4-7(2)10(6-8)12(13)14/h4-6,9H,3,11H2,1-2H3/t9-/m1/s1. The fraction of sp³-hybridized carbons (Fsp3) is 0.400. The molecule has 0 unspecified atom stereocenters. The van der Waals surface area contributed by atoms with Crippen LogP contribution in [0.3, 0.4) is 0 Å². The molecule has 0 aromatic heterocycles. The Morgan fingerprint density at radius 2 is 2.21 bits per heavy atom. The molecule has 0 aliphatic carbocycles. The summed E-state index contributed by atoms with van der Waals surface area (Å²) < 4.78 is 0. The minimum absolute atomic E-state index is 0.116. The SMILES string of the molecule is CC[C@@H](N)c1ccc(C)c([N+](=O)[O-])c1. The van der Waals surface area contributed by atoms with Crippen LogP contribution in [0.1, 0.15) is 30.5 Å². The molecule has 0 heterocycles. The molecule has 0 spiro atoms. The third kappa shape index (κ3) is 2.09. The van der Waals surface area contributed by atoms with E-state index in [-0.39, 0.29) is 16.7 Å². The Kier molecular flexibility index (Phi) is 3.19. The van der Waals surface area contributed by atoms with Crippen LogP contribution in [-0.2, 0) is 0 Å². The second-order valence-corrected chi connectivity index (χ2v) is 3.32. The fourth-order valence-corrected chi connectivity index (χ4v) is 1.29. The first-order chi connectivity index (χ1) is 6.56. The van der Waals surface area contributed by atoms with E-state index >= 15 is 0 Å². The quantitative estimate of drug-likeness (QED) is 0.593. The monoisotopic (exact) mass is 194 g/mol. The van der Waals surface area contributed by atoms with Gasteiger partial charge in [-0.3, -0.25) is 10.1 Å². The van der Waals surface area contributed by atoms with E-state index in [0.717, 1.165) is 12.0 Å². The summed E-state index contributed by atoms with van der Waals surface area (Å²) in [6.45, 7) is 3.68. The molecule has 0 aliphatic heterocycles. The highest BCUT2D eigenvalue weighted by molar-refractivity contribution is 5.43. The van der Waals surface area contributed by atoms with Crippen LogP contribution in [0.5, 0.6) is 0 Å². The highest BCUT2D eigenvalue weighted by Crippen LogP contribution is 2.23. The lowest BCUT2D eigenvalue weighted by atomic mass is 10.0. The number of benzene rings is 1. The highest BCUT2D eigenvalue weighted by atomic mass is 16.6. The number of nitro groups is 1. The van der Waals surface area contributed by atoms with Gasteiger partial charge in [0.05, 0.1) is 4.92 Å². The Hall–Kier alpha value is -1.42. The first kappa shape index (κ1) is 10.7. The summed E-state index contributed by atoms with van der Waals surface area (Å²) in [5, 5.41) is 10.6. The van der Waals surface area contributed by atoms with E-state index < -0.39 is 0 Å². The van der Waals surface area contributed by atoms with Crippen molar-refractivity contribution < 1.29 is 4.92 Å². The van der Waals surface area contributed by atoms with Crippen molar-refractivity contribution in [2.75, 3.05) is 0 Å². The lowest BCUT2D eigenvalue weighted by molar-refractivity contribution is -0.385. The third-order valence-corrected chi connectivity index (χ3v) is 2.30. The minimum Gasteiger partial charge on any atom is -0.324 e. The molecule has 2 N–H and O–H groups in total. The zero-order valence-corrected chi connectivity index (χ0v) is 8.36. The van der Waals surface area contributed by atoms with Gasteiger partial charge in [0.1, 0.15) is 0 Å². The Morgan fingerprint density at radius 1 is 1.57 bits per heavy atom. The van der Waals surface area contributed by atoms with Gasteiger partial charge in [-0.1, -0.05) is 19.1 Å². The van der Waals surface area contributed by atoms with Gasteiger partial charge in [-0.15, -0.1) is 0 Å². The maximum absolute atomic E-state index is 10.6. The van der Waals surface area contributed by atoms with Crippen molar-refractivity contribution in [1.29, 1.82) is 0 Å². The van der Waals surface area contributed by atoms with Crippen LogP contribution >= 0.6 is 0 Å². The van der Waals surface area contributed by atoms with E-state index in [0.29, 0.717) is 5.56 Å². The smallest absolute Gasteiger partial charge is 0.272 e. The first-order valence-corrected chi connectivity index (χ1v) is 4.56. The largest absolute Gasteiger partial charge is 0.324 e. The maximum atomic E-state index is 10.6. The van der Waals surface area contributed by atoms with Gasteiger partial charge < -0.3 is 5.73 Å². The van der Waals surface area contributed by atoms with Crippen molar-refractivity contribution in [3.8, 4) is 0 Å². The fourth-order valence-electron chi connectivity index (χ4n) is 1.29. The van der Waals surface area contributed by atoms with Crippen molar-refractivity contribution >= 4 is 5.69 Å². The third-order valence-electron chi connectivity index (χ3n) is 2.30. The summed E-state index contributed by atoms with van der Waals surface area (Å²) in [5.41, 5.74) is 7.43. The molecule has 4 heteroatoms. The summed E-state index contributed by atoms with van der Waals surface area (Å²) in [6, 6.07) is 5.03. The molecule has 14 heavy (non-hydrogen) atoms. The Labute approximate surface area is 82.9 Å². The van der Waals surface area contributed by atoms with Gasteiger partial charge in [0.25, 0.3) is 5.69 Å². The molecule has 1 aromatic rings. The molecule has 4 nitrogen and oxygen atoms in total. The molecule has 0 saturated heterocycles. The number of rotatable bonds is 3. The van der Waals surface area contributed by atoms with Crippen molar-refractivity contribution in [3.63, 3.8) is 0 Å². The Balaban J connectivity index is 3.12. The summed E-state index contributed by atoms with van der Waals surface area (Å²) in [6.07, 6.45) is 0.778. The average molecular weight is 194 g/mol. The van der Waals surface area contributed by atoms with Crippen molar-refractivity contribution in [1.82, 2.24) is 0 Å². The molecule has 0 saturated carbocycles. The molecule has 1 aromatic carbocycles. The Bertz CT molecular complexity index is 350. The molecule has 0 fully saturated rings. The topological polar surface area (TPSA) is 69.2 Å². The van der Waals surface area contributed by atoms with Crippen molar-refractivity contribution in [2.24, 2.45) is 5.73 Å². The minimum atomic E-state index is -0.374. The molecule has 76 valence electrons. The normalized spacial score (nSPS) is 12.5. The number of aryl methyl sites for hydroxylation is 1. The second kappa shape index (κ2) is 4.19. The zero-order chi connectivity index (χ0) is 10.7. The van der Waals surface area contributed by atoms with Gasteiger partial charge in [-0.2, -0.15) is 0 Å². The Morgan fingerprint density at radius 3 is 2.71 bits per heavy atom. The molecular weight excluding hydrogens is 180 g/mol. The van der Waals surface area contributed by atoms with E-state index in [9.17, 15) is 10.1 Å². The van der Waals surface area contributed by atoms with E-state index in [2.05, 4.69) is 0 Å². The number of nitro benzene ring substituents is 1. The van der Waals surface area contributed by atoms with E-state index in [1.165, 1.54) is 0 Å². The summed E-state index contributed by atoms with van der Waals surface area (Å²) in [5.74, 6) is 0. The summed E-state index contributed by atoms with van der Waals surface area (Å²) in [4.78, 5) is 10.3. The van der Waals surface area contributed by atoms with Crippen LogP contribution in [0, 0.1) is 17.0 Å². The van der Waals surface area contributed by atoms with Crippen molar-refractivity contribution in [3.05, 3.63) is 39.4 Å². The van der Waals surface area contributed by atoms with E-state index in [4.69, 9.17) is 5.73 Å². The van der Waals surface area contributed by atoms with Gasteiger partial charge in [0, 0.05) is 17.7 Å². The number of hydrogen-bond donors (Lipinski definition) is 1. The summed E-state index contributed by atoms with van der Waals surface area (Å²) in [7, 11) is 0. The van der Waals surface area contributed by atoms with Crippen LogP contribution in [0.15, 0.2) is 18.2 Å². The molecule has 0 radical (unpaired) electrons. The second-order valence-electron chi connectivity index (χ2n) is 3.32. The van der Waals surface area contributed by atoms with Crippen LogP contribution in [0.25, 0.3) is 0 Å². The lowest BCUT2D eigenvalue weighted by Gasteiger charge is -2.09. The van der Waals surface area contributed by atoms with Gasteiger partial charge in [0.15, 0.2) is 0 Å². The first-order valence-electron chi connectivity index (χ1n) is 4.56. The van der Waals surface area contributed by atoms with Crippen LogP contribution < -0.4 is 5.73 Å². The van der Waals surface area contributed by atoms with Gasteiger partial charge in [-0.25, -0.2) is 0 Å². The molecule has 0 amide bonds. The number of hydrogen-bond acceptors (Lipinski definition) is 3. The number of nitrogens with two attached hydrogens (primary N) is 1. The van der Waals surface area contributed by atoms with Gasteiger partial charge in [-0.05, 0) is 18.9 Å². The van der Waals surface area contributed by atoms with Gasteiger partial charge in [0.2, 0.25) is 0 Å². The van der Waals surface area contributed by atoms with E-state index in [1.54, 1.807) is 19.1 Å². The molecule has 1 atom stereocenters. The van der Waals surface area contributed by atoms with Gasteiger partial charge >= 0.3 is 0 Å². The molecule has 0 aliphatic rings. The lowest BCUT2D eigenvalue weighted by Crippen LogP contribution is -2.09. The highest BCUT2D eigenvalue weighted by Gasteiger charge is 2.13. The predicted molar refractivity (Wildman–Crippen MR) is 55.1 cm³/mol. The number of nitrogens with zero attached hydrogens (tertiary/aromatic N) is 1. The van der Waals surface area contributed by atoms with E-state index in [1.807, 2.05) is 13.0 Å². The van der Waals surface area contributed by atoms with Crippen molar-refractivity contribution in [2.45, 2.75) is 26.3 Å². The van der Waals surface area contributed by atoms with Crippen LogP contribution in [-0.4, -0.2) is 4.92 Å².